The van der Waals surface area contributed by atoms with Crippen molar-refractivity contribution in [1.82, 2.24) is 14.9 Å². The Kier molecular flexibility index (Phi) is 3.76. The van der Waals surface area contributed by atoms with Crippen molar-refractivity contribution in [2.24, 2.45) is 12.8 Å². The molecular formula is C16H24N4. The smallest absolute Gasteiger partial charge is 0.126 e. The number of aromatic nitrogens is 2. The molecule has 1 saturated carbocycles. The molecule has 1 unspecified atom stereocenters. The molecule has 1 heterocycles. The largest absolute Gasteiger partial charge is 0.330 e. The minimum Gasteiger partial charge on any atom is -0.330 e. The number of para-hydroxylation sites is 2. The van der Waals surface area contributed by atoms with Crippen LogP contribution in [0.1, 0.15) is 44.5 Å². The quantitative estimate of drug-likeness (QED) is 0.902. The molecule has 1 atom stereocenters. The van der Waals surface area contributed by atoms with Gasteiger partial charge < -0.3 is 15.6 Å². The highest BCUT2D eigenvalue weighted by molar-refractivity contribution is 5.75. The van der Waals surface area contributed by atoms with Crippen molar-refractivity contribution < 1.29 is 0 Å². The van der Waals surface area contributed by atoms with Gasteiger partial charge in [-0.05, 0) is 44.7 Å². The Bertz CT molecular complexity index is 581. The van der Waals surface area contributed by atoms with Crippen LogP contribution in [0.3, 0.4) is 0 Å². The van der Waals surface area contributed by atoms with Crippen molar-refractivity contribution >= 4 is 11.0 Å². The van der Waals surface area contributed by atoms with Gasteiger partial charge in [-0.2, -0.15) is 0 Å². The Morgan fingerprint density at radius 3 is 2.65 bits per heavy atom. The number of nitrogens with one attached hydrogen (secondary N) is 1. The summed E-state index contributed by atoms with van der Waals surface area (Å²) in [5, 5.41) is 3.72. The number of aryl methyl sites for hydroxylation is 1. The fourth-order valence-corrected chi connectivity index (χ4v) is 3.27. The van der Waals surface area contributed by atoms with Crippen molar-refractivity contribution in [3.63, 3.8) is 0 Å². The van der Waals surface area contributed by atoms with Crippen LogP contribution in [0.15, 0.2) is 24.3 Å². The lowest BCUT2D eigenvalue weighted by Gasteiger charge is -2.29. The molecule has 4 heteroatoms. The number of nitrogens with zero attached hydrogens (tertiary/aromatic N) is 2. The average molecular weight is 272 g/mol. The van der Waals surface area contributed by atoms with E-state index >= 15 is 0 Å². The fraction of sp³-hybridized carbons (Fsp3) is 0.562. The van der Waals surface area contributed by atoms with Crippen molar-refractivity contribution in [2.75, 3.05) is 0 Å². The fourth-order valence-electron chi connectivity index (χ4n) is 3.27. The van der Waals surface area contributed by atoms with Crippen molar-refractivity contribution in [1.29, 1.82) is 0 Å². The Morgan fingerprint density at radius 1 is 1.25 bits per heavy atom. The molecule has 1 aromatic heterocycles. The zero-order valence-electron chi connectivity index (χ0n) is 12.3. The van der Waals surface area contributed by atoms with E-state index < -0.39 is 0 Å². The molecule has 20 heavy (non-hydrogen) atoms. The number of imidazole rings is 1. The molecule has 108 valence electrons. The normalized spacial score (nSPS) is 24.9. The summed E-state index contributed by atoms with van der Waals surface area (Å²) < 4.78 is 2.20. The number of rotatable bonds is 3. The molecule has 4 nitrogen and oxygen atoms in total. The summed E-state index contributed by atoms with van der Waals surface area (Å²) in [5.41, 5.74) is 8.24. The highest BCUT2D eigenvalue weighted by atomic mass is 15.1. The van der Waals surface area contributed by atoms with Crippen molar-refractivity contribution in [2.45, 2.75) is 50.7 Å². The minimum absolute atomic E-state index is 0.270. The van der Waals surface area contributed by atoms with E-state index in [1.807, 2.05) is 6.07 Å². The first-order valence-corrected chi connectivity index (χ1v) is 7.58. The Labute approximate surface area is 120 Å². The SMILES string of the molecule is CC(NC1CCC(N)CC1)c1nc2ccccc2n1C. The summed E-state index contributed by atoms with van der Waals surface area (Å²) in [6, 6.07) is 9.55. The van der Waals surface area contributed by atoms with Gasteiger partial charge in [-0.25, -0.2) is 4.98 Å². The third-order valence-electron chi connectivity index (χ3n) is 4.47. The molecule has 1 aromatic carbocycles. The standard InChI is InChI=1S/C16H24N4/c1-11(18-13-9-7-12(17)8-10-13)16-19-14-5-3-4-6-15(14)20(16)2/h3-6,11-13,18H,7-10,17H2,1-2H3. The van der Waals surface area contributed by atoms with Gasteiger partial charge in [-0.3, -0.25) is 0 Å². The van der Waals surface area contributed by atoms with Gasteiger partial charge in [-0.1, -0.05) is 12.1 Å². The van der Waals surface area contributed by atoms with E-state index in [-0.39, 0.29) is 6.04 Å². The van der Waals surface area contributed by atoms with Gasteiger partial charge in [0.05, 0.1) is 17.1 Å². The molecule has 3 rings (SSSR count). The Balaban J connectivity index is 1.75. The van der Waals surface area contributed by atoms with Crippen molar-refractivity contribution in [3.8, 4) is 0 Å². The molecule has 0 radical (unpaired) electrons. The van der Waals surface area contributed by atoms with E-state index in [2.05, 4.69) is 42.1 Å². The second kappa shape index (κ2) is 5.54. The van der Waals surface area contributed by atoms with Crippen LogP contribution in [0.5, 0.6) is 0 Å². The van der Waals surface area contributed by atoms with Crippen LogP contribution >= 0.6 is 0 Å². The summed E-state index contributed by atoms with van der Waals surface area (Å²) in [7, 11) is 2.10. The summed E-state index contributed by atoms with van der Waals surface area (Å²) in [4.78, 5) is 4.77. The number of benzene rings is 1. The van der Waals surface area contributed by atoms with E-state index in [0.717, 1.165) is 24.2 Å². The van der Waals surface area contributed by atoms with Gasteiger partial charge in [0.1, 0.15) is 5.82 Å². The highest BCUT2D eigenvalue weighted by Crippen LogP contribution is 2.23. The average Bonchev–Trinajstić information content (AvgIpc) is 2.79. The predicted molar refractivity (Wildman–Crippen MR) is 82.5 cm³/mol. The van der Waals surface area contributed by atoms with Crippen LogP contribution in [0.25, 0.3) is 11.0 Å². The third kappa shape index (κ3) is 2.58. The molecule has 1 aliphatic carbocycles. The van der Waals surface area contributed by atoms with Gasteiger partial charge in [-0.15, -0.1) is 0 Å². The Hall–Kier alpha value is -1.39. The lowest BCUT2D eigenvalue weighted by Crippen LogP contribution is -2.39. The second-order valence-electron chi connectivity index (χ2n) is 6.02. The van der Waals surface area contributed by atoms with Crippen LogP contribution in [0, 0.1) is 0 Å². The van der Waals surface area contributed by atoms with E-state index in [9.17, 15) is 0 Å². The topological polar surface area (TPSA) is 55.9 Å². The number of hydrogen-bond donors (Lipinski definition) is 2. The maximum atomic E-state index is 5.97. The zero-order chi connectivity index (χ0) is 14.1. The first-order valence-electron chi connectivity index (χ1n) is 7.58. The summed E-state index contributed by atoms with van der Waals surface area (Å²) >= 11 is 0. The molecule has 0 bridgehead atoms. The monoisotopic (exact) mass is 272 g/mol. The lowest BCUT2D eigenvalue weighted by molar-refractivity contribution is 0.317. The third-order valence-corrected chi connectivity index (χ3v) is 4.47. The molecule has 0 aliphatic heterocycles. The predicted octanol–water partition coefficient (Wildman–Crippen LogP) is 2.49. The molecule has 1 fully saturated rings. The second-order valence-corrected chi connectivity index (χ2v) is 6.02. The van der Waals surface area contributed by atoms with Gasteiger partial charge in [0.2, 0.25) is 0 Å². The van der Waals surface area contributed by atoms with Crippen LogP contribution in [-0.4, -0.2) is 21.6 Å². The van der Waals surface area contributed by atoms with Crippen LogP contribution in [-0.2, 0) is 7.05 Å². The number of nitrogens with two attached hydrogens (primary N) is 1. The van der Waals surface area contributed by atoms with E-state index in [0.29, 0.717) is 12.1 Å². The van der Waals surface area contributed by atoms with Gasteiger partial charge >= 0.3 is 0 Å². The molecule has 0 amide bonds. The molecule has 0 spiro atoms. The first-order chi connectivity index (χ1) is 9.65. The number of hydrogen-bond acceptors (Lipinski definition) is 3. The van der Waals surface area contributed by atoms with Crippen molar-refractivity contribution in [3.05, 3.63) is 30.1 Å². The maximum absolute atomic E-state index is 5.97. The first kappa shape index (κ1) is 13.6. The zero-order valence-corrected chi connectivity index (χ0v) is 12.3. The highest BCUT2D eigenvalue weighted by Gasteiger charge is 2.22. The van der Waals surface area contributed by atoms with Crippen LogP contribution < -0.4 is 11.1 Å². The van der Waals surface area contributed by atoms with Gasteiger partial charge in [0.25, 0.3) is 0 Å². The molecule has 3 N–H and O–H groups in total. The molecular weight excluding hydrogens is 248 g/mol. The van der Waals surface area contributed by atoms with E-state index in [4.69, 9.17) is 10.7 Å². The summed E-state index contributed by atoms with van der Waals surface area (Å²) in [5.74, 6) is 1.11. The van der Waals surface area contributed by atoms with Crippen LogP contribution in [0.4, 0.5) is 0 Å². The molecule has 2 aromatic rings. The van der Waals surface area contributed by atoms with E-state index in [1.165, 1.54) is 18.4 Å². The molecule has 1 aliphatic rings. The van der Waals surface area contributed by atoms with Gasteiger partial charge in [0, 0.05) is 19.1 Å². The number of fused-ring (bicyclic) bond motifs is 1. The maximum Gasteiger partial charge on any atom is 0.126 e. The van der Waals surface area contributed by atoms with Gasteiger partial charge in [0.15, 0.2) is 0 Å². The Morgan fingerprint density at radius 2 is 1.95 bits per heavy atom. The van der Waals surface area contributed by atoms with E-state index in [1.54, 1.807) is 0 Å². The van der Waals surface area contributed by atoms with Crippen LogP contribution in [0.2, 0.25) is 0 Å². The lowest BCUT2D eigenvalue weighted by atomic mass is 9.91. The molecule has 0 saturated heterocycles. The minimum atomic E-state index is 0.270. The summed E-state index contributed by atoms with van der Waals surface area (Å²) in [6.45, 7) is 2.20. The summed E-state index contributed by atoms with van der Waals surface area (Å²) in [6.07, 6.45) is 4.62.